The summed E-state index contributed by atoms with van der Waals surface area (Å²) in [4.78, 5) is 20.5. The number of H-pyrrole nitrogens is 1. The number of aromatic amines is 1. The SMILES string of the molecule is CC1(C)CC(=O)c2c([nH]c(-c3ccncc3)c2Nc2cccc(N)c2)C1. The number of nitrogen functional groups attached to an aromatic ring is 1. The van der Waals surface area contributed by atoms with E-state index < -0.39 is 0 Å². The first-order chi connectivity index (χ1) is 12.4. The minimum absolute atomic E-state index is 0.0428. The van der Waals surface area contributed by atoms with Crippen molar-refractivity contribution in [2.45, 2.75) is 26.7 Å². The van der Waals surface area contributed by atoms with Gasteiger partial charge in [-0.05, 0) is 42.2 Å². The van der Waals surface area contributed by atoms with E-state index in [-0.39, 0.29) is 11.2 Å². The van der Waals surface area contributed by atoms with E-state index in [2.05, 4.69) is 29.1 Å². The molecule has 0 unspecified atom stereocenters. The smallest absolute Gasteiger partial charge is 0.167 e. The summed E-state index contributed by atoms with van der Waals surface area (Å²) in [7, 11) is 0. The van der Waals surface area contributed by atoms with Crippen molar-refractivity contribution in [2.24, 2.45) is 5.41 Å². The summed E-state index contributed by atoms with van der Waals surface area (Å²) < 4.78 is 0. The molecule has 0 aliphatic heterocycles. The minimum atomic E-state index is -0.0428. The van der Waals surface area contributed by atoms with Gasteiger partial charge in [0.1, 0.15) is 0 Å². The summed E-state index contributed by atoms with van der Waals surface area (Å²) in [5, 5.41) is 3.43. The van der Waals surface area contributed by atoms with E-state index in [0.29, 0.717) is 12.1 Å². The van der Waals surface area contributed by atoms with Gasteiger partial charge in [0.2, 0.25) is 0 Å². The van der Waals surface area contributed by atoms with Crippen molar-refractivity contribution in [3.05, 3.63) is 60.0 Å². The Morgan fingerprint density at radius 2 is 1.92 bits per heavy atom. The normalized spacial score (nSPS) is 15.5. The fraction of sp³-hybridized carbons (Fsp3) is 0.238. The molecule has 1 aromatic carbocycles. The molecule has 0 radical (unpaired) electrons. The third-order valence-electron chi connectivity index (χ3n) is 4.78. The van der Waals surface area contributed by atoms with E-state index >= 15 is 0 Å². The first-order valence-corrected chi connectivity index (χ1v) is 8.74. The van der Waals surface area contributed by atoms with Crippen molar-refractivity contribution in [2.75, 3.05) is 11.1 Å². The van der Waals surface area contributed by atoms with Crippen molar-refractivity contribution < 1.29 is 4.79 Å². The molecule has 3 aromatic rings. The Morgan fingerprint density at radius 1 is 1.15 bits per heavy atom. The van der Waals surface area contributed by atoms with Crippen molar-refractivity contribution in [3.8, 4) is 11.3 Å². The van der Waals surface area contributed by atoms with Crippen LogP contribution in [-0.2, 0) is 6.42 Å². The Bertz CT molecular complexity index is 973. The third-order valence-corrected chi connectivity index (χ3v) is 4.78. The molecule has 132 valence electrons. The summed E-state index contributed by atoms with van der Waals surface area (Å²) >= 11 is 0. The van der Waals surface area contributed by atoms with Gasteiger partial charge in [0.05, 0.1) is 16.9 Å². The van der Waals surface area contributed by atoms with Crippen LogP contribution in [0.1, 0.15) is 36.3 Å². The number of Topliss-reactive ketones (excluding diaryl/α,β-unsaturated/α-hetero) is 1. The van der Waals surface area contributed by atoms with Gasteiger partial charge in [-0.25, -0.2) is 0 Å². The van der Waals surface area contributed by atoms with Crippen LogP contribution in [0.5, 0.6) is 0 Å². The molecule has 2 heterocycles. The quantitative estimate of drug-likeness (QED) is 0.607. The molecule has 0 saturated carbocycles. The molecule has 0 fully saturated rings. The van der Waals surface area contributed by atoms with Crippen molar-refractivity contribution in [1.82, 2.24) is 9.97 Å². The van der Waals surface area contributed by atoms with Crippen LogP contribution in [0, 0.1) is 5.41 Å². The zero-order chi connectivity index (χ0) is 18.3. The number of fused-ring (bicyclic) bond motifs is 1. The Kier molecular flexibility index (Phi) is 3.80. The topological polar surface area (TPSA) is 83.8 Å². The van der Waals surface area contributed by atoms with Gasteiger partial charge < -0.3 is 16.0 Å². The first-order valence-electron chi connectivity index (χ1n) is 8.74. The number of nitrogens with one attached hydrogen (secondary N) is 2. The predicted molar refractivity (Wildman–Crippen MR) is 105 cm³/mol. The van der Waals surface area contributed by atoms with Gasteiger partial charge in [0, 0.05) is 41.4 Å². The van der Waals surface area contributed by atoms with Crippen molar-refractivity contribution in [3.63, 3.8) is 0 Å². The molecule has 0 saturated heterocycles. The highest BCUT2D eigenvalue weighted by Crippen LogP contribution is 2.43. The predicted octanol–water partition coefficient (Wildman–Crippen LogP) is 4.56. The van der Waals surface area contributed by atoms with E-state index in [9.17, 15) is 4.79 Å². The maximum atomic E-state index is 12.9. The van der Waals surface area contributed by atoms with Crippen LogP contribution in [0.3, 0.4) is 0 Å². The standard InChI is InChI=1S/C21H22N4O/c1-21(2)11-16-18(17(26)12-21)20(24-15-5-3-4-14(22)10-15)19(25-16)13-6-8-23-9-7-13/h3-10,24-25H,11-12,22H2,1-2H3. The number of anilines is 3. The molecular formula is C21H22N4O. The van der Waals surface area contributed by atoms with Gasteiger partial charge in [0.25, 0.3) is 0 Å². The highest BCUT2D eigenvalue weighted by molar-refractivity contribution is 6.07. The number of pyridine rings is 1. The Morgan fingerprint density at radius 3 is 2.65 bits per heavy atom. The van der Waals surface area contributed by atoms with Crippen LogP contribution < -0.4 is 11.1 Å². The van der Waals surface area contributed by atoms with Crippen LogP contribution in [-0.4, -0.2) is 15.8 Å². The summed E-state index contributed by atoms with van der Waals surface area (Å²) in [6, 6.07) is 11.4. The van der Waals surface area contributed by atoms with Gasteiger partial charge in [-0.15, -0.1) is 0 Å². The Hall–Kier alpha value is -3.08. The van der Waals surface area contributed by atoms with Crippen LogP contribution >= 0.6 is 0 Å². The van der Waals surface area contributed by atoms with Crippen LogP contribution in [0.15, 0.2) is 48.8 Å². The third kappa shape index (κ3) is 2.96. The number of carbonyl (C=O) groups is 1. The van der Waals surface area contributed by atoms with Crippen molar-refractivity contribution in [1.29, 1.82) is 0 Å². The molecule has 4 rings (SSSR count). The number of nitrogens with two attached hydrogens (primary N) is 1. The molecule has 2 aromatic heterocycles. The summed E-state index contributed by atoms with van der Waals surface area (Å²) in [6.07, 6.45) is 4.89. The maximum absolute atomic E-state index is 12.9. The number of benzene rings is 1. The number of hydrogen-bond acceptors (Lipinski definition) is 4. The van der Waals surface area contributed by atoms with E-state index in [4.69, 9.17) is 5.73 Å². The number of ketones is 1. The summed E-state index contributed by atoms with van der Waals surface area (Å²) in [6.45, 7) is 4.26. The van der Waals surface area contributed by atoms with Gasteiger partial charge >= 0.3 is 0 Å². The monoisotopic (exact) mass is 346 g/mol. The summed E-state index contributed by atoms with van der Waals surface area (Å²) in [5.74, 6) is 0.166. The highest BCUT2D eigenvalue weighted by Gasteiger charge is 2.35. The molecule has 0 atom stereocenters. The van der Waals surface area contributed by atoms with Gasteiger partial charge in [-0.3, -0.25) is 9.78 Å². The highest BCUT2D eigenvalue weighted by atomic mass is 16.1. The molecule has 5 heteroatoms. The lowest BCUT2D eigenvalue weighted by molar-refractivity contribution is 0.0912. The maximum Gasteiger partial charge on any atom is 0.167 e. The zero-order valence-electron chi connectivity index (χ0n) is 15.0. The fourth-order valence-corrected chi connectivity index (χ4v) is 3.68. The van der Waals surface area contributed by atoms with E-state index in [0.717, 1.165) is 40.3 Å². The first kappa shape index (κ1) is 16.4. The van der Waals surface area contributed by atoms with Crippen molar-refractivity contribution >= 4 is 22.8 Å². The van der Waals surface area contributed by atoms with Gasteiger partial charge in [0.15, 0.2) is 5.78 Å². The molecule has 0 bridgehead atoms. The number of carbonyl (C=O) groups excluding carboxylic acids is 1. The average molecular weight is 346 g/mol. The number of hydrogen-bond donors (Lipinski definition) is 3. The second-order valence-electron chi connectivity index (χ2n) is 7.66. The largest absolute Gasteiger partial charge is 0.399 e. The number of aromatic nitrogens is 2. The van der Waals surface area contributed by atoms with E-state index in [1.54, 1.807) is 12.4 Å². The minimum Gasteiger partial charge on any atom is -0.399 e. The van der Waals surface area contributed by atoms with Crippen LogP contribution in [0.2, 0.25) is 0 Å². The molecule has 0 spiro atoms. The second kappa shape index (κ2) is 6.02. The van der Waals surface area contributed by atoms with Crippen LogP contribution in [0.4, 0.5) is 17.1 Å². The van der Waals surface area contributed by atoms with Gasteiger partial charge in [-0.2, -0.15) is 0 Å². The molecule has 1 aliphatic rings. The zero-order valence-corrected chi connectivity index (χ0v) is 15.0. The lowest BCUT2D eigenvalue weighted by atomic mass is 9.76. The second-order valence-corrected chi connectivity index (χ2v) is 7.66. The Balaban J connectivity index is 1.88. The molecule has 4 N–H and O–H groups in total. The fourth-order valence-electron chi connectivity index (χ4n) is 3.68. The van der Waals surface area contributed by atoms with Gasteiger partial charge in [-0.1, -0.05) is 19.9 Å². The molecule has 5 nitrogen and oxygen atoms in total. The number of rotatable bonds is 3. The van der Waals surface area contributed by atoms with Crippen LogP contribution in [0.25, 0.3) is 11.3 Å². The average Bonchev–Trinajstić information content (AvgIpc) is 2.93. The van der Waals surface area contributed by atoms with E-state index in [1.807, 2.05) is 36.4 Å². The molecular weight excluding hydrogens is 324 g/mol. The Labute approximate surface area is 152 Å². The molecule has 1 aliphatic carbocycles. The van der Waals surface area contributed by atoms with E-state index in [1.165, 1.54) is 0 Å². The lowest BCUT2D eigenvalue weighted by Crippen LogP contribution is -2.26. The lowest BCUT2D eigenvalue weighted by Gasteiger charge is -2.28. The molecule has 26 heavy (non-hydrogen) atoms. The summed E-state index contributed by atoms with van der Waals surface area (Å²) in [5.41, 5.74) is 11.9. The molecule has 0 amide bonds. The number of nitrogens with zero attached hydrogens (tertiary/aromatic N) is 1.